The van der Waals surface area contributed by atoms with E-state index in [1.54, 1.807) is 17.4 Å². The van der Waals surface area contributed by atoms with Gasteiger partial charge < -0.3 is 24.0 Å². The van der Waals surface area contributed by atoms with Crippen molar-refractivity contribution in [2.24, 2.45) is 0 Å². The zero-order valence-corrected chi connectivity index (χ0v) is 23.1. The van der Waals surface area contributed by atoms with Crippen molar-refractivity contribution < 1.29 is 24.1 Å². The topological polar surface area (TPSA) is 89.9 Å². The summed E-state index contributed by atoms with van der Waals surface area (Å²) < 4.78 is 19.9. The van der Waals surface area contributed by atoms with Crippen LogP contribution in [0.15, 0.2) is 95.3 Å². The van der Waals surface area contributed by atoms with Gasteiger partial charge >= 0.3 is 5.97 Å². The molecule has 200 valence electrons. The van der Waals surface area contributed by atoms with E-state index in [0.29, 0.717) is 24.7 Å². The number of ether oxygens (including phenoxy) is 3. The summed E-state index contributed by atoms with van der Waals surface area (Å²) in [4.78, 5) is 15.9. The van der Waals surface area contributed by atoms with Crippen LogP contribution in [-0.4, -0.2) is 36.4 Å². The Balaban J connectivity index is 1.12. The van der Waals surface area contributed by atoms with Gasteiger partial charge in [-0.2, -0.15) is 0 Å². The van der Waals surface area contributed by atoms with Gasteiger partial charge in [-0.3, -0.25) is 0 Å². The maximum atomic E-state index is 11.2. The van der Waals surface area contributed by atoms with Crippen LogP contribution in [0, 0.1) is 0 Å². The lowest BCUT2D eigenvalue weighted by atomic mass is 9.99. The van der Waals surface area contributed by atoms with Crippen molar-refractivity contribution in [3.8, 4) is 50.1 Å². The zero-order chi connectivity index (χ0) is 27.5. The average molecular weight is 569 g/mol. The SMILES string of the molecule is COc1cc(C(=O)O)ccc1NSc1csc(-c2ccc(-c3ccc(-c4ccc5c(c4)OCCO5)cc3)cc2)n1. The summed E-state index contributed by atoms with van der Waals surface area (Å²) in [5, 5.41) is 12.9. The molecule has 4 aromatic carbocycles. The smallest absolute Gasteiger partial charge is 0.335 e. The van der Waals surface area contributed by atoms with Crippen LogP contribution in [0.3, 0.4) is 0 Å². The molecule has 9 heteroatoms. The van der Waals surface area contributed by atoms with Crippen molar-refractivity contribution in [2.75, 3.05) is 25.0 Å². The molecule has 0 unspecified atom stereocenters. The highest BCUT2D eigenvalue weighted by atomic mass is 32.2. The third kappa shape index (κ3) is 5.47. The number of benzene rings is 4. The van der Waals surface area contributed by atoms with E-state index in [2.05, 4.69) is 59.3 Å². The van der Waals surface area contributed by atoms with Gasteiger partial charge in [-0.1, -0.05) is 54.6 Å². The number of aromatic nitrogens is 1. The predicted octanol–water partition coefficient (Wildman–Crippen LogP) is 7.74. The molecule has 0 saturated carbocycles. The molecule has 1 aliphatic rings. The molecule has 0 atom stereocenters. The van der Waals surface area contributed by atoms with Crippen molar-refractivity contribution in [2.45, 2.75) is 5.03 Å². The van der Waals surface area contributed by atoms with E-state index in [1.165, 1.54) is 31.2 Å². The fourth-order valence-electron chi connectivity index (χ4n) is 4.34. The van der Waals surface area contributed by atoms with Gasteiger partial charge in [-0.15, -0.1) is 11.3 Å². The number of nitrogens with one attached hydrogen (secondary N) is 1. The number of hydrogen-bond acceptors (Lipinski definition) is 8. The average Bonchev–Trinajstić information content (AvgIpc) is 3.49. The van der Waals surface area contributed by atoms with Crippen LogP contribution in [0.25, 0.3) is 32.8 Å². The predicted molar refractivity (Wildman–Crippen MR) is 159 cm³/mol. The standard InChI is InChI=1S/C31H24N2O5S2/c1-36-27-17-24(31(34)35)10-12-25(27)33-40-29-18-39-30(32-29)22-8-6-20(7-9-22)19-2-4-21(5-3-19)23-11-13-26-28(16-23)38-15-14-37-26/h2-13,16-18,33H,14-15H2,1H3,(H,34,35). The molecule has 0 fully saturated rings. The van der Waals surface area contributed by atoms with E-state index >= 15 is 0 Å². The number of aromatic carboxylic acids is 1. The minimum absolute atomic E-state index is 0.169. The number of thiazole rings is 1. The Morgan fingerprint density at radius 1 is 0.850 bits per heavy atom. The first-order valence-corrected chi connectivity index (χ1v) is 14.2. The van der Waals surface area contributed by atoms with Crippen molar-refractivity contribution in [3.63, 3.8) is 0 Å². The van der Waals surface area contributed by atoms with Crippen molar-refractivity contribution >= 4 is 34.9 Å². The lowest BCUT2D eigenvalue weighted by Gasteiger charge is -2.19. The molecule has 0 aliphatic carbocycles. The normalized spacial score (nSPS) is 12.1. The molecule has 5 aromatic rings. The van der Waals surface area contributed by atoms with Crippen LogP contribution < -0.4 is 18.9 Å². The van der Waals surface area contributed by atoms with Gasteiger partial charge in [0.15, 0.2) is 11.5 Å². The molecule has 1 aromatic heterocycles. The van der Waals surface area contributed by atoms with Crippen molar-refractivity contribution in [1.82, 2.24) is 4.98 Å². The number of hydrogen-bond donors (Lipinski definition) is 2. The summed E-state index contributed by atoms with van der Waals surface area (Å²) in [6.07, 6.45) is 0. The first-order chi connectivity index (χ1) is 19.6. The van der Waals surface area contributed by atoms with Gasteiger partial charge in [0.2, 0.25) is 0 Å². The van der Waals surface area contributed by atoms with Crippen LogP contribution in [0.1, 0.15) is 10.4 Å². The number of anilines is 1. The highest BCUT2D eigenvalue weighted by Gasteiger charge is 2.13. The van der Waals surface area contributed by atoms with E-state index in [0.717, 1.165) is 49.3 Å². The second kappa shape index (κ2) is 11.3. The summed E-state index contributed by atoms with van der Waals surface area (Å²) >= 11 is 2.91. The van der Waals surface area contributed by atoms with E-state index in [4.69, 9.17) is 19.2 Å². The Labute approximate surface area is 239 Å². The van der Waals surface area contributed by atoms with Gasteiger partial charge in [-0.05, 0) is 52.6 Å². The van der Waals surface area contributed by atoms with E-state index in [1.807, 2.05) is 17.5 Å². The lowest BCUT2D eigenvalue weighted by Crippen LogP contribution is -2.15. The van der Waals surface area contributed by atoms with E-state index in [-0.39, 0.29) is 5.56 Å². The highest BCUT2D eigenvalue weighted by Crippen LogP contribution is 2.36. The number of methoxy groups -OCH3 is 1. The fourth-order valence-corrected chi connectivity index (χ4v) is 5.94. The van der Waals surface area contributed by atoms with Crippen molar-refractivity contribution in [3.05, 3.63) is 95.9 Å². The minimum Gasteiger partial charge on any atom is -0.495 e. The summed E-state index contributed by atoms with van der Waals surface area (Å²) in [5.41, 5.74) is 6.36. The van der Waals surface area contributed by atoms with E-state index in [9.17, 15) is 9.90 Å². The second-order valence-corrected chi connectivity index (χ2v) is 10.6. The van der Waals surface area contributed by atoms with Crippen LogP contribution >= 0.6 is 23.3 Å². The molecule has 0 bridgehead atoms. The quantitative estimate of drug-likeness (QED) is 0.184. The Hall–Kier alpha value is -4.47. The molecule has 40 heavy (non-hydrogen) atoms. The Morgan fingerprint density at radius 2 is 1.48 bits per heavy atom. The third-order valence-corrected chi connectivity index (χ3v) is 8.20. The number of carboxylic acids is 1. The maximum Gasteiger partial charge on any atom is 0.335 e. The minimum atomic E-state index is -0.999. The van der Waals surface area contributed by atoms with Crippen LogP contribution in [0.4, 0.5) is 5.69 Å². The number of fused-ring (bicyclic) bond motifs is 1. The van der Waals surface area contributed by atoms with Crippen LogP contribution in [0.5, 0.6) is 17.2 Å². The molecule has 0 amide bonds. The third-order valence-electron chi connectivity index (χ3n) is 6.42. The highest BCUT2D eigenvalue weighted by molar-refractivity contribution is 8.00. The van der Waals surface area contributed by atoms with E-state index < -0.39 is 5.97 Å². The Bertz CT molecular complexity index is 1670. The van der Waals surface area contributed by atoms with Gasteiger partial charge in [0.1, 0.15) is 29.0 Å². The van der Waals surface area contributed by atoms with Crippen LogP contribution in [0.2, 0.25) is 0 Å². The summed E-state index contributed by atoms with van der Waals surface area (Å²) in [6, 6.07) is 27.6. The molecular weight excluding hydrogens is 544 g/mol. The summed E-state index contributed by atoms with van der Waals surface area (Å²) in [5.74, 6) is 1.04. The Morgan fingerprint density at radius 3 is 2.15 bits per heavy atom. The molecule has 2 heterocycles. The van der Waals surface area contributed by atoms with Gasteiger partial charge in [-0.25, -0.2) is 9.78 Å². The molecule has 1 aliphatic heterocycles. The first kappa shape index (κ1) is 25.8. The molecule has 6 rings (SSSR count). The van der Waals surface area contributed by atoms with Gasteiger partial charge in [0, 0.05) is 22.9 Å². The van der Waals surface area contributed by atoms with Gasteiger partial charge in [0.25, 0.3) is 0 Å². The monoisotopic (exact) mass is 568 g/mol. The molecule has 0 spiro atoms. The summed E-state index contributed by atoms with van der Waals surface area (Å²) in [6.45, 7) is 1.16. The lowest BCUT2D eigenvalue weighted by molar-refractivity contribution is 0.0696. The largest absolute Gasteiger partial charge is 0.495 e. The van der Waals surface area contributed by atoms with Crippen molar-refractivity contribution in [1.29, 1.82) is 0 Å². The first-order valence-electron chi connectivity index (χ1n) is 12.5. The molecule has 2 N–H and O–H groups in total. The second-order valence-electron chi connectivity index (χ2n) is 8.93. The fraction of sp³-hybridized carbons (Fsp3) is 0.0968. The molecule has 7 nitrogen and oxygen atoms in total. The molecular formula is C31H24N2O5S2. The molecule has 0 radical (unpaired) electrons. The zero-order valence-electron chi connectivity index (χ0n) is 21.4. The number of rotatable bonds is 8. The molecule has 0 saturated heterocycles. The maximum absolute atomic E-state index is 11.2. The number of nitrogens with zero attached hydrogens (tertiary/aromatic N) is 1. The number of carbonyl (C=O) groups is 1. The summed E-state index contributed by atoms with van der Waals surface area (Å²) in [7, 11) is 1.51. The van der Waals surface area contributed by atoms with Crippen LogP contribution in [-0.2, 0) is 0 Å². The van der Waals surface area contributed by atoms with Gasteiger partial charge in [0.05, 0.1) is 18.4 Å². The Kier molecular flexibility index (Phi) is 7.31. The number of carboxylic acid groups (broad SMARTS) is 1.